The molecule has 1 nitrogen and oxygen atoms in total. The van der Waals surface area contributed by atoms with Crippen molar-refractivity contribution in [2.75, 3.05) is 0 Å². The molecule has 0 aromatic carbocycles. The molecule has 1 aromatic rings. The Morgan fingerprint density at radius 3 is 1.48 bits per heavy atom. The van der Waals surface area contributed by atoms with E-state index in [1.54, 1.807) is 12.2 Å². The average molecular weight is 316 g/mol. The molecule has 0 saturated heterocycles. The zero-order chi connectivity index (χ0) is 18.8. The highest BCUT2D eigenvalue weighted by atomic mass is 15.0. The van der Waals surface area contributed by atoms with E-state index in [4.69, 9.17) is 0 Å². The number of nitrogens with zero attached hydrogens (tertiary/aromatic N) is 1. The molecule has 0 unspecified atom stereocenters. The fraction of sp³-hybridized carbons (Fsp3) is 0.364. The highest BCUT2D eigenvalue weighted by Gasteiger charge is 2.11. The summed E-state index contributed by atoms with van der Waals surface area (Å²) in [6.07, 6.45) is 13.4. The normalized spacial score (nSPS) is 9.04. The van der Waals surface area contributed by atoms with Gasteiger partial charge in [0.25, 0.3) is 0 Å². The van der Waals surface area contributed by atoms with E-state index < -0.39 is 0 Å². The fourth-order valence-corrected chi connectivity index (χ4v) is 1.84. The predicted octanol–water partition coefficient (Wildman–Crippen LogP) is 7.45. The third kappa shape index (κ3) is 8.25. The molecule has 23 heavy (non-hydrogen) atoms. The van der Waals surface area contributed by atoms with E-state index in [0.29, 0.717) is 0 Å². The van der Waals surface area contributed by atoms with Crippen molar-refractivity contribution in [1.82, 2.24) is 4.57 Å². The van der Waals surface area contributed by atoms with E-state index >= 15 is 0 Å². The molecule has 0 aliphatic carbocycles. The first-order valence-electron chi connectivity index (χ1n) is 8.57. The number of hydrogen-bond donors (Lipinski definition) is 0. The van der Waals surface area contributed by atoms with Gasteiger partial charge in [-0.05, 0) is 13.0 Å². The van der Waals surface area contributed by atoms with Crippen LogP contribution in [0.2, 0.25) is 0 Å². The second kappa shape index (κ2) is 18.0. The standard InChI is InChI=1S/C16H19N.3C2H6/c1-6-9-11-14-13(4)17(5)16(8-3)15(14)12-10-7-2;3*1-2/h6-12H,1-3H2,4-5H3;3*1-2H3/b11-9-,12-10-;;;. The molecule has 0 spiro atoms. The van der Waals surface area contributed by atoms with Crippen LogP contribution in [0.25, 0.3) is 18.2 Å². The summed E-state index contributed by atoms with van der Waals surface area (Å²) in [5, 5.41) is 0. The second-order valence-electron chi connectivity index (χ2n) is 3.75. The summed E-state index contributed by atoms with van der Waals surface area (Å²) in [6.45, 7) is 25.4. The Balaban J connectivity index is -0.000000595. The molecule has 0 bridgehead atoms. The monoisotopic (exact) mass is 315 g/mol. The van der Waals surface area contributed by atoms with E-state index in [9.17, 15) is 0 Å². The maximum absolute atomic E-state index is 3.87. The molecule has 1 aromatic heterocycles. The van der Waals surface area contributed by atoms with Crippen molar-refractivity contribution in [3.63, 3.8) is 0 Å². The summed E-state index contributed by atoms with van der Waals surface area (Å²) in [4.78, 5) is 0. The Bertz CT molecular complexity index is 497. The molecule has 1 heterocycles. The van der Waals surface area contributed by atoms with Gasteiger partial charge < -0.3 is 4.57 Å². The van der Waals surface area contributed by atoms with Gasteiger partial charge >= 0.3 is 0 Å². The molecule has 0 atom stereocenters. The molecule has 0 fully saturated rings. The van der Waals surface area contributed by atoms with Gasteiger partial charge in [0.2, 0.25) is 0 Å². The topological polar surface area (TPSA) is 4.93 Å². The Kier molecular flexibility index (Phi) is 20.3. The first-order chi connectivity index (χ1) is 11.2. The molecule has 0 aliphatic heterocycles. The zero-order valence-electron chi connectivity index (χ0n) is 16.6. The summed E-state index contributed by atoms with van der Waals surface area (Å²) < 4.78 is 2.14. The van der Waals surface area contributed by atoms with Crippen molar-refractivity contribution in [3.05, 3.63) is 66.6 Å². The smallest absolute Gasteiger partial charge is 0.0480 e. The Morgan fingerprint density at radius 2 is 1.13 bits per heavy atom. The van der Waals surface area contributed by atoms with Crippen LogP contribution in [0.1, 0.15) is 64.1 Å². The molecule has 130 valence electrons. The largest absolute Gasteiger partial charge is 0.347 e. The van der Waals surface area contributed by atoms with E-state index in [1.165, 1.54) is 11.3 Å². The third-order valence-electron chi connectivity index (χ3n) is 2.81. The van der Waals surface area contributed by atoms with Crippen molar-refractivity contribution in [3.8, 4) is 0 Å². The highest BCUT2D eigenvalue weighted by Crippen LogP contribution is 2.25. The molecule has 0 radical (unpaired) electrons. The maximum atomic E-state index is 3.87. The van der Waals surface area contributed by atoms with Crippen LogP contribution in [0, 0.1) is 6.92 Å². The first kappa shape index (κ1) is 25.9. The van der Waals surface area contributed by atoms with E-state index in [0.717, 1.165) is 11.3 Å². The van der Waals surface area contributed by atoms with Crippen molar-refractivity contribution in [2.24, 2.45) is 7.05 Å². The Hall–Kier alpha value is -2.02. The minimum absolute atomic E-state index is 1.12. The highest BCUT2D eigenvalue weighted by molar-refractivity contribution is 5.75. The Labute approximate surface area is 145 Å². The van der Waals surface area contributed by atoms with E-state index in [1.807, 2.05) is 66.8 Å². The predicted molar refractivity (Wildman–Crippen MR) is 113 cm³/mol. The summed E-state index contributed by atoms with van der Waals surface area (Å²) in [7, 11) is 2.04. The SMILES string of the molecule is C=C/C=C\c1c(/C=C\C=C)c(C=C)n(C)c1C.CC.CC.CC. The van der Waals surface area contributed by atoms with E-state index in [2.05, 4.69) is 43.4 Å². The lowest BCUT2D eigenvalue weighted by Gasteiger charge is -1.99. The maximum Gasteiger partial charge on any atom is 0.0480 e. The molecule has 0 N–H and O–H groups in total. The lowest BCUT2D eigenvalue weighted by molar-refractivity contribution is 0.870. The van der Waals surface area contributed by atoms with Crippen molar-refractivity contribution in [2.45, 2.75) is 48.5 Å². The summed E-state index contributed by atoms with van der Waals surface area (Å²) >= 11 is 0. The number of hydrogen-bond acceptors (Lipinski definition) is 0. The van der Waals surface area contributed by atoms with Gasteiger partial charge in [0.1, 0.15) is 0 Å². The van der Waals surface area contributed by atoms with E-state index in [-0.39, 0.29) is 0 Å². The summed E-state index contributed by atoms with van der Waals surface area (Å²) in [5.41, 5.74) is 4.68. The third-order valence-corrected chi connectivity index (χ3v) is 2.81. The minimum atomic E-state index is 1.12. The quantitative estimate of drug-likeness (QED) is 0.497. The summed E-state index contributed by atoms with van der Waals surface area (Å²) in [6, 6.07) is 0. The van der Waals surface area contributed by atoms with Gasteiger partial charge in [0.15, 0.2) is 0 Å². The molecule has 1 heteroatoms. The van der Waals surface area contributed by atoms with Gasteiger partial charge in [-0.25, -0.2) is 0 Å². The van der Waals surface area contributed by atoms with Crippen molar-refractivity contribution < 1.29 is 0 Å². The molecule has 0 saturated carbocycles. The van der Waals surface area contributed by atoms with Gasteiger partial charge in [0, 0.05) is 29.6 Å². The van der Waals surface area contributed by atoms with Gasteiger partial charge in [0.05, 0.1) is 0 Å². The van der Waals surface area contributed by atoms with Crippen molar-refractivity contribution >= 4 is 18.2 Å². The lowest BCUT2D eigenvalue weighted by atomic mass is 10.1. The average Bonchev–Trinajstić information content (AvgIpc) is 2.86. The van der Waals surface area contributed by atoms with Crippen LogP contribution in [0.4, 0.5) is 0 Å². The van der Waals surface area contributed by atoms with Crippen LogP contribution >= 0.6 is 0 Å². The molecule has 0 aliphatic rings. The zero-order valence-corrected chi connectivity index (χ0v) is 16.6. The Morgan fingerprint density at radius 1 is 0.739 bits per heavy atom. The molecule has 0 amide bonds. The molecule has 1 rings (SSSR count). The van der Waals surface area contributed by atoms with Crippen LogP contribution in [0.15, 0.2) is 44.0 Å². The van der Waals surface area contributed by atoms with Gasteiger partial charge in [-0.2, -0.15) is 0 Å². The summed E-state index contributed by atoms with van der Waals surface area (Å²) in [5.74, 6) is 0. The van der Waals surface area contributed by atoms with Crippen LogP contribution in [-0.2, 0) is 7.05 Å². The first-order valence-corrected chi connectivity index (χ1v) is 8.57. The van der Waals surface area contributed by atoms with Gasteiger partial charge in [-0.1, -0.05) is 97.7 Å². The van der Waals surface area contributed by atoms with Crippen molar-refractivity contribution in [1.29, 1.82) is 0 Å². The van der Waals surface area contributed by atoms with Gasteiger partial charge in [-0.3, -0.25) is 0 Å². The second-order valence-corrected chi connectivity index (χ2v) is 3.75. The number of rotatable bonds is 5. The number of aromatic nitrogens is 1. The number of allylic oxidation sites excluding steroid dienone is 4. The lowest BCUT2D eigenvalue weighted by Crippen LogP contribution is -1.93. The minimum Gasteiger partial charge on any atom is -0.347 e. The van der Waals surface area contributed by atoms with Gasteiger partial charge in [-0.15, -0.1) is 0 Å². The van der Waals surface area contributed by atoms with Crippen LogP contribution < -0.4 is 0 Å². The van der Waals surface area contributed by atoms with Crippen LogP contribution in [-0.4, -0.2) is 4.57 Å². The van der Waals surface area contributed by atoms with Crippen LogP contribution in [0.5, 0.6) is 0 Å². The molecular formula is C22H37N. The van der Waals surface area contributed by atoms with Crippen LogP contribution in [0.3, 0.4) is 0 Å². The fourth-order valence-electron chi connectivity index (χ4n) is 1.84. The molecular weight excluding hydrogens is 278 g/mol.